The van der Waals surface area contributed by atoms with Crippen LogP contribution >= 0.6 is 23.2 Å². The van der Waals surface area contributed by atoms with Gasteiger partial charge in [-0.3, -0.25) is 4.79 Å². The quantitative estimate of drug-likeness (QED) is 0.895. The van der Waals surface area contributed by atoms with Crippen molar-refractivity contribution in [3.8, 4) is 0 Å². The van der Waals surface area contributed by atoms with Gasteiger partial charge in [-0.2, -0.15) is 0 Å². The first-order valence-corrected chi connectivity index (χ1v) is 7.80. The molecule has 1 aromatic carbocycles. The Bertz CT molecular complexity index is 526. The fourth-order valence-electron chi connectivity index (χ4n) is 2.80. The minimum atomic E-state index is -0.615. The number of nitrogens with two attached hydrogens (primary N) is 1. The Morgan fingerprint density at radius 3 is 2.43 bits per heavy atom. The first-order valence-electron chi connectivity index (χ1n) is 7.05. The molecule has 116 valence electrons. The number of benzene rings is 1. The van der Waals surface area contributed by atoms with Crippen molar-refractivity contribution in [1.82, 2.24) is 4.90 Å². The first-order chi connectivity index (χ1) is 9.84. The number of nitrogens with zero attached hydrogens (tertiary/aromatic N) is 1. The zero-order chi connectivity index (χ0) is 15.6. The van der Waals surface area contributed by atoms with Crippen molar-refractivity contribution >= 4 is 34.8 Å². The van der Waals surface area contributed by atoms with Crippen LogP contribution in [0.15, 0.2) is 18.2 Å². The number of hydrogen-bond acceptors (Lipinski definition) is 3. The van der Waals surface area contributed by atoms with Crippen LogP contribution in [0.25, 0.3) is 0 Å². The van der Waals surface area contributed by atoms with E-state index in [0.29, 0.717) is 22.9 Å². The van der Waals surface area contributed by atoms with Crippen LogP contribution < -0.4 is 11.1 Å². The average Bonchev–Trinajstić information content (AvgIpc) is 2.45. The molecule has 1 aliphatic carbocycles. The lowest BCUT2D eigenvalue weighted by molar-refractivity contribution is -0.134. The van der Waals surface area contributed by atoms with Crippen LogP contribution in [0.1, 0.15) is 25.7 Å². The van der Waals surface area contributed by atoms with Crippen molar-refractivity contribution in [3.63, 3.8) is 0 Å². The molecule has 1 saturated carbocycles. The highest BCUT2D eigenvalue weighted by molar-refractivity contribution is 6.42. The van der Waals surface area contributed by atoms with Gasteiger partial charge in [0.25, 0.3) is 0 Å². The van der Waals surface area contributed by atoms with Gasteiger partial charge >= 0.3 is 0 Å². The molecular weight excluding hydrogens is 309 g/mol. The summed E-state index contributed by atoms with van der Waals surface area (Å²) in [6.45, 7) is 0. The minimum Gasteiger partial charge on any atom is -0.371 e. The number of carbonyl (C=O) groups is 1. The molecule has 1 aliphatic rings. The molecule has 2 rings (SSSR count). The van der Waals surface area contributed by atoms with E-state index in [9.17, 15) is 4.79 Å². The fourth-order valence-corrected chi connectivity index (χ4v) is 3.10. The maximum Gasteiger partial charge on any atom is 0.247 e. The number of anilines is 1. The van der Waals surface area contributed by atoms with Crippen molar-refractivity contribution in [1.29, 1.82) is 0 Å². The summed E-state index contributed by atoms with van der Waals surface area (Å²) in [5, 5.41) is 4.35. The molecule has 0 unspecified atom stereocenters. The van der Waals surface area contributed by atoms with E-state index in [1.807, 2.05) is 6.07 Å². The van der Waals surface area contributed by atoms with Gasteiger partial charge < -0.3 is 16.0 Å². The summed E-state index contributed by atoms with van der Waals surface area (Å²) in [6.07, 6.45) is 3.08. The van der Waals surface area contributed by atoms with E-state index in [2.05, 4.69) is 5.32 Å². The van der Waals surface area contributed by atoms with E-state index in [-0.39, 0.29) is 11.9 Å². The molecule has 0 bridgehead atoms. The Hall–Kier alpha value is -0.970. The van der Waals surface area contributed by atoms with Crippen LogP contribution in [-0.4, -0.2) is 36.5 Å². The number of rotatable bonds is 3. The van der Waals surface area contributed by atoms with Gasteiger partial charge in [0.2, 0.25) is 5.91 Å². The number of hydrogen-bond donors (Lipinski definition) is 2. The Morgan fingerprint density at radius 1 is 1.29 bits per heavy atom. The van der Waals surface area contributed by atoms with Crippen molar-refractivity contribution in [3.05, 3.63) is 28.2 Å². The van der Waals surface area contributed by atoms with Crippen molar-refractivity contribution in [2.75, 3.05) is 19.4 Å². The highest BCUT2D eigenvalue weighted by Gasteiger charge is 2.42. The summed E-state index contributed by atoms with van der Waals surface area (Å²) in [5.74, 6) is 0.0699. The Labute approximate surface area is 135 Å². The van der Waals surface area contributed by atoms with E-state index < -0.39 is 5.54 Å². The van der Waals surface area contributed by atoms with Gasteiger partial charge in [0.1, 0.15) is 5.54 Å². The molecule has 1 amide bonds. The number of halogens is 2. The monoisotopic (exact) mass is 329 g/mol. The number of nitrogens with one attached hydrogen (secondary N) is 1. The van der Waals surface area contributed by atoms with Crippen LogP contribution in [0.4, 0.5) is 5.69 Å². The topological polar surface area (TPSA) is 58.4 Å². The second kappa shape index (κ2) is 6.42. The molecule has 21 heavy (non-hydrogen) atoms. The maximum atomic E-state index is 12.6. The third-order valence-electron chi connectivity index (χ3n) is 4.00. The average molecular weight is 330 g/mol. The SMILES string of the molecule is CN(C)C(=O)C1(Nc2ccc(Cl)c(Cl)c2)CCC(N)CC1. The van der Waals surface area contributed by atoms with E-state index in [1.165, 1.54) is 0 Å². The Kier molecular flexibility index (Phi) is 5.02. The van der Waals surface area contributed by atoms with Crippen LogP contribution in [0.2, 0.25) is 10.0 Å². The number of amides is 1. The lowest BCUT2D eigenvalue weighted by Gasteiger charge is -2.41. The number of carbonyl (C=O) groups excluding carboxylic acids is 1. The molecule has 0 saturated heterocycles. The third-order valence-corrected chi connectivity index (χ3v) is 4.74. The molecule has 4 nitrogen and oxygen atoms in total. The van der Waals surface area contributed by atoms with Crippen molar-refractivity contribution in [2.24, 2.45) is 5.73 Å². The van der Waals surface area contributed by atoms with E-state index in [4.69, 9.17) is 28.9 Å². The normalized spacial score (nSPS) is 25.5. The maximum absolute atomic E-state index is 12.6. The van der Waals surface area contributed by atoms with Crippen LogP contribution in [-0.2, 0) is 4.79 Å². The van der Waals surface area contributed by atoms with Gasteiger partial charge in [-0.25, -0.2) is 0 Å². The third kappa shape index (κ3) is 3.62. The molecule has 6 heteroatoms. The van der Waals surface area contributed by atoms with Gasteiger partial charge in [0.15, 0.2) is 0 Å². The molecule has 0 spiro atoms. The predicted octanol–water partition coefficient (Wildman–Crippen LogP) is 3.13. The van der Waals surface area contributed by atoms with Gasteiger partial charge in [-0.1, -0.05) is 23.2 Å². The lowest BCUT2D eigenvalue weighted by Crippen LogP contribution is -2.55. The highest BCUT2D eigenvalue weighted by atomic mass is 35.5. The molecule has 1 fully saturated rings. The van der Waals surface area contributed by atoms with E-state index in [1.54, 1.807) is 31.1 Å². The Balaban J connectivity index is 2.27. The van der Waals surface area contributed by atoms with Crippen LogP contribution in [0.5, 0.6) is 0 Å². The molecule has 0 heterocycles. The molecule has 1 aromatic rings. The van der Waals surface area contributed by atoms with Crippen molar-refractivity contribution in [2.45, 2.75) is 37.3 Å². The molecule has 0 aromatic heterocycles. The lowest BCUT2D eigenvalue weighted by atomic mass is 9.78. The van der Waals surface area contributed by atoms with Gasteiger partial charge in [0.05, 0.1) is 10.0 Å². The smallest absolute Gasteiger partial charge is 0.247 e. The largest absolute Gasteiger partial charge is 0.371 e. The highest BCUT2D eigenvalue weighted by Crippen LogP contribution is 2.34. The summed E-state index contributed by atoms with van der Waals surface area (Å²) < 4.78 is 0. The summed E-state index contributed by atoms with van der Waals surface area (Å²) in [7, 11) is 3.55. The van der Waals surface area contributed by atoms with Gasteiger partial charge in [-0.15, -0.1) is 0 Å². The summed E-state index contributed by atoms with van der Waals surface area (Å²) >= 11 is 12.0. The Morgan fingerprint density at radius 2 is 1.90 bits per heavy atom. The minimum absolute atomic E-state index is 0.0699. The van der Waals surface area contributed by atoms with Crippen LogP contribution in [0.3, 0.4) is 0 Å². The van der Waals surface area contributed by atoms with Crippen molar-refractivity contribution < 1.29 is 4.79 Å². The summed E-state index contributed by atoms with van der Waals surface area (Å²) in [5.41, 5.74) is 6.16. The fraction of sp³-hybridized carbons (Fsp3) is 0.533. The zero-order valence-corrected chi connectivity index (χ0v) is 13.8. The van der Waals surface area contributed by atoms with E-state index >= 15 is 0 Å². The number of likely N-dealkylation sites (N-methyl/N-ethyl adjacent to an activating group) is 1. The molecule has 0 radical (unpaired) electrons. The summed E-state index contributed by atoms with van der Waals surface area (Å²) in [4.78, 5) is 14.3. The molecule has 0 aliphatic heterocycles. The molecule has 0 atom stereocenters. The standard InChI is InChI=1S/C15H21Cl2N3O/c1-20(2)14(21)15(7-5-10(18)6-8-15)19-11-3-4-12(16)13(17)9-11/h3-4,9-10,19H,5-8,18H2,1-2H3. The first kappa shape index (κ1) is 16.4. The summed E-state index contributed by atoms with van der Waals surface area (Å²) in [6, 6.07) is 5.49. The van der Waals surface area contributed by atoms with Crippen LogP contribution in [0, 0.1) is 0 Å². The second-order valence-corrected chi connectivity index (χ2v) is 6.69. The zero-order valence-electron chi connectivity index (χ0n) is 12.3. The van der Waals surface area contributed by atoms with Gasteiger partial charge in [-0.05, 0) is 43.9 Å². The molecular formula is C15H21Cl2N3O. The second-order valence-electron chi connectivity index (χ2n) is 5.87. The van der Waals surface area contributed by atoms with E-state index in [0.717, 1.165) is 18.5 Å². The van der Waals surface area contributed by atoms with Gasteiger partial charge in [0, 0.05) is 25.8 Å². The predicted molar refractivity (Wildman–Crippen MR) is 88.0 cm³/mol. The molecule has 3 N–H and O–H groups in total.